The number of nitrogens with one attached hydrogen (secondary N) is 1. The Morgan fingerprint density at radius 3 is 2.71 bits per heavy atom. The average molecular weight is 212 g/mol. The van der Waals surface area contributed by atoms with E-state index in [1.54, 1.807) is 6.08 Å². The van der Waals surface area contributed by atoms with Crippen LogP contribution in [0.2, 0.25) is 0 Å². The van der Waals surface area contributed by atoms with E-state index >= 15 is 0 Å². The van der Waals surface area contributed by atoms with E-state index in [2.05, 4.69) is 10.1 Å². The quantitative estimate of drug-likeness (QED) is 0.512. The molecule has 0 aliphatic rings. The Morgan fingerprint density at radius 2 is 2.57 bits per heavy atom. The van der Waals surface area contributed by atoms with Crippen molar-refractivity contribution in [3.05, 3.63) is 12.7 Å². The summed E-state index contributed by atoms with van der Waals surface area (Å²) < 4.78 is 3.89. The summed E-state index contributed by atoms with van der Waals surface area (Å²) in [5.74, 6) is 0. The molecule has 0 radical (unpaired) electrons. The van der Waals surface area contributed by atoms with Crippen molar-refractivity contribution in [3.63, 3.8) is 0 Å². The van der Waals surface area contributed by atoms with E-state index < -0.39 is 0 Å². The first-order valence-corrected chi connectivity index (χ1v) is 4.02. The van der Waals surface area contributed by atoms with E-state index in [0.717, 1.165) is 3.63 Å². The number of hydrogen-bond acceptors (Lipinski definition) is 2. The van der Waals surface area contributed by atoms with Gasteiger partial charge in [0.25, 0.3) is 0 Å². The molecule has 0 aromatic carbocycles. The lowest BCUT2D eigenvalue weighted by Gasteiger charge is -1.84. The van der Waals surface area contributed by atoms with Crippen molar-refractivity contribution in [1.29, 1.82) is 0 Å². The number of nitrogens with two attached hydrogens (primary N) is 1. The molecule has 0 bridgehead atoms. The molecule has 3 N–H and O–H groups in total. The van der Waals surface area contributed by atoms with Crippen LogP contribution in [0.4, 0.5) is 0 Å². The topological polar surface area (TPSA) is 38.0 Å². The molecule has 0 aliphatic heterocycles. The average Bonchev–Trinajstić information content (AvgIpc) is 1.68. The van der Waals surface area contributed by atoms with Crippen LogP contribution in [-0.4, -0.2) is 10.7 Å². The summed E-state index contributed by atoms with van der Waals surface area (Å²) in [5, 5.41) is 0. The molecule has 0 spiro atoms. The van der Waals surface area contributed by atoms with Gasteiger partial charge in [0.15, 0.2) is 0 Å². The van der Waals surface area contributed by atoms with E-state index in [0.29, 0.717) is 0 Å². The first-order chi connectivity index (χ1) is 3.31. The Labute approximate surface area is 53.9 Å². The number of rotatable bonds is 2. The standard InChI is InChI=1S/C4H9IN2/c1-3-4(6)5-7-2/h3,7H,1,6H2,2H3. The van der Waals surface area contributed by atoms with Gasteiger partial charge in [-0.3, -0.25) is 9.26 Å². The molecule has 0 saturated carbocycles. The molecule has 0 aromatic heterocycles. The number of halogens is 1. The second-order valence-electron chi connectivity index (χ2n) is 0.872. The van der Waals surface area contributed by atoms with Crippen LogP contribution in [0.5, 0.6) is 0 Å². The van der Waals surface area contributed by atoms with Gasteiger partial charge in [-0.15, -0.1) is 0 Å². The fourth-order valence-corrected chi connectivity index (χ4v) is 0.991. The molecule has 0 aromatic rings. The van der Waals surface area contributed by atoms with E-state index in [9.17, 15) is 0 Å². The highest BCUT2D eigenvalue weighted by molar-refractivity contribution is 14.2. The molecule has 42 valence electrons. The Morgan fingerprint density at radius 1 is 2.00 bits per heavy atom. The molecule has 0 saturated heterocycles. The number of hydrogen-bond donors (Lipinski definition) is 2. The van der Waals surface area contributed by atoms with Crippen LogP contribution in [0.3, 0.4) is 0 Å². The van der Waals surface area contributed by atoms with Gasteiger partial charge >= 0.3 is 0 Å². The van der Waals surface area contributed by atoms with Gasteiger partial charge in [0.1, 0.15) is 0 Å². The monoisotopic (exact) mass is 212 g/mol. The van der Waals surface area contributed by atoms with Crippen LogP contribution in [0.1, 0.15) is 0 Å². The fourth-order valence-electron chi connectivity index (χ4n) is 0.148. The largest absolute Gasteiger partial charge is 0.297 e. The third kappa shape index (κ3) is 4.11. The maximum absolute atomic E-state index is 5.37. The summed E-state index contributed by atoms with van der Waals surface area (Å²) >= 11 is -0.108. The van der Waals surface area contributed by atoms with Gasteiger partial charge < -0.3 is 0 Å². The van der Waals surface area contributed by atoms with Crippen LogP contribution in [0.25, 0.3) is 0 Å². The summed E-state index contributed by atoms with van der Waals surface area (Å²) in [6.45, 7) is 3.50. The zero-order chi connectivity index (χ0) is 5.70. The van der Waals surface area contributed by atoms with Crippen molar-refractivity contribution in [3.8, 4) is 0 Å². The van der Waals surface area contributed by atoms with Gasteiger partial charge in [0.05, 0.1) is 3.63 Å². The van der Waals surface area contributed by atoms with Crippen molar-refractivity contribution < 1.29 is 0 Å². The Kier molecular flexibility index (Phi) is 4.58. The Balaban J connectivity index is 3.49. The first kappa shape index (κ1) is 7.26. The van der Waals surface area contributed by atoms with Crippen molar-refractivity contribution in [1.82, 2.24) is 3.53 Å². The van der Waals surface area contributed by atoms with E-state index in [-0.39, 0.29) is 21.0 Å². The normalized spacial score (nSPS) is 12.6. The van der Waals surface area contributed by atoms with Crippen LogP contribution in [0, 0.1) is 0 Å². The third-order valence-corrected chi connectivity index (χ3v) is 2.00. The van der Waals surface area contributed by atoms with Gasteiger partial charge in [0.2, 0.25) is 0 Å². The second kappa shape index (κ2) is 4.42. The van der Waals surface area contributed by atoms with Gasteiger partial charge in [-0.25, -0.2) is 0 Å². The zero-order valence-corrected chi connectivity index (χ0v) is 6.40. The molecule has 0 atom stereocenters. The third-order valence-electron chi connectivity index (χ3n) is 0.399. The predicted molar refractivity (Wildman–Crippen MR) is 42.5 cm³/mol. The molecule has 0 heterocycles. The molecule has 2 nitrogen and oxygen atoms in total. The van der Waals surface area contributed by atoms with Crippen molar-refractivity contribution >= 4 is 24.6 Å². The lowest BCUT2D eigenvalue weighted by atomic mass is 10.7. The summed E-state index contributed by atoms with van der Waals surface area (Å²) in [6.07, 6.45) is 1.68. The lowest BCUT2D eigenvalue weighted by Crippen LogP contribution is -2.05. The van der Waals surface area contributed by atoms with Crippen LogP contribution in [-0.2, 0) is 0 Å². The highest BCUT2D eigenvalue weighted by Crippen LogP contribution is 1.85. The molecule has 0 aliphatic carbocycles. The minimum Gasteiger partial charge on any atom is -0.297 e. The first-order valence-electron chi connectivity index (χ1n) is 1.86. The van der Waals surface area contributed by atoms with Crippen molar-refractivity contribution in [2.45, 2.75) is 0 Å². The zero-order valence-electron chi connectivity index (χ0n) is 4.24. The van der Waals surface area contributed by atoms with Crippen LogP contribution < -0.4 is 9.26 Å². The second-order valence-corrected chi connectivity index (χ2v) is 3.74. The molecule has 3 heteroatoms. The molecule has 0 rings (SSSR count). The minimum absolute atomic E-state index is 0.108. The SMILES string of the molecule is C=CC(N)=INC. The maximum Gasteiger partial charge on any atom is 0.0556 e. The van der Waals surface area contributed by atoms with E-state index in [1.165, 1.54) is 0 Å². The Bertz CT molecular complexity index is 87.7. The van der Waals surface area contributed by atoms with Crippen LogP contribution in [0.15, 0.2) is 12.7 Å². The molecular weight excluding hydrogens is 203 g/mol. The molecular formula is C4H9IN2. The van der Waals surface area contributed by atoms with Gasteiger partial charge in [-0.05, 0) is 34.1 Å². The van der Waals surface area contributed by atoms with Crippen LogP contribution >= 0.6 is 21.0 Å². The van der Waals surface area contributed by atoms with E-state index in [1.807, 2.05) is 7.05 Å². The summed E-state index contributed by atoms with van der Waals surface area (Å²) in [5.41, 5.74) is 5.37. The van der Waals surface area contributed by atoms with Gasteiger partial charge in [0, 0.05) is 0 Å². The van der Waals surface area contributed by atoms with Gasteiger partial charge in [-0.1, -0.05) is 6.58 Å². The van der Waals surface area contributed by atoms with E-state index in [4.69, 9.17) is 5.73 Å². The molecule has 0 amide bonds. The van der Waals surface area contributed by atoms with Gasteiger partial charge in [-0.2, -0.15) is 0 Å². The Hall–Kier alpha value is 0.260. The van der Waals surface area contributed by atoms with Crippen molar-refractivity contribution in [2.75, 3.05) is 7.05 Å². The summed E-state index contributed by atoms with van der Waals surface area (Å²) in [7, 11) is 1.89. The molecule has 7 heavy (non-hydrogen) atoms. The highest BCUT2D eigenvalue weighted by Gasteiger charge is 1.72. The minimum atomic E-state index is -0.108. The fraction of sp³-hybridized carbons (Fsp3) is 0.250. The van der Waals surface area contributed by atoms with Crippen molar-refractivity contribution in [2.24, 2.45) is 5.73 Å². The smallest absolute Gasteiger partial charge is 0.0556 e. The summed E-state index contributed by atoms with van der Waals surface area (Å²) in [6, 6.07) is 0. The lowest BCUT2D eigenvalue weighted by molar-refractivity contribution is 1.37. The predicted octanol–water partition coefficient (Wildman–Crippen LogP) is 0.366. The maximum atomic E-state index is 5.37. The molecule has 0 unspecified atom stereocenters. The summed E-state index contributed by atoms with van der Waals surface area (Å²) in [4.78, 5) is 0. The highest BCUT2D eigenvalue weighted by atomic mass is 127. The molecule has 0 fully saturated rings.